The fourth-order valence-electron chi connectivity index (χ4n) is 4.41. The predicted octanol–water partition coefficient (Wildman–Crippen LogP) is 0.157. The molecule has 1 fully saturated rings. The number of carbonyl (C=O) groups is 2. The van der Waals surface area contributed by atoms with Crippen molar-refractivity contribution in [3.05, 3.63) is 48.0 Å². The molecule has 0 bridgehead atoms. The molecule has 2 N–H and O–H groups in total. The summed E-state index contributed by atoms with van der Waals surface area (Å²) in [5.41, 5.74) is 2.07. The molecule has 2 aromatic rings. The van der Waals surface area contributed by atoms with Crippen molar-refractivity contribution in [3.8, 4) is 0 Å². The minimum Gasteiger partial charge on any atom is -0.383 e. The van der Waals surface area contributed by atoms with Crippen LogP contribution in [-0.2, 0) is 16.1 Å². The van der Waals surface area contributed by atoms with Crippen LogP contribution < -0.4 is 10.6 Å². The van der Waals surface area contributed by atoms with Crippen LogP contribution in [0.3, 0.4) is 0 Å². The maximum Gasteiger partial charge on any atom is 0.291 e. The summed E-state index contributed by atoms with van der Waals surface area (Å²) in [6.45, 7) is 5.18. The zero-order valence-corrected chi connectivity index (χ0v) is 19.8. The Morgan fingerprint density at radius 2 is 2.06 bits per heavy atom. The lowest BCUT2D eigenvalue weighted by Crippen LogP contribution is -2.52. The highest BCUT2D eigenvalue weighted by molar-refractivity contribution is 5.95. The van der Waals surface area contributed by atoms with Gasteiger partial charge in [0.1, 0.15) is 18.5 Å². The van der Waals surface area contributed by atoms with Gasteiger partial charge in [-0.25, -0.2) is 9.67 Å². The average molecular weight is 469 g/mol. The summed E-state index contributed by atoms with van der Waals surface area (Å²) in [6, 6.07) is 9.16. The molecule has 0 spiro atoms. The van der Waals surface area contributed by atoms with E-state index in [-0.39, 0.29) is 23.8 Å². The van der Waals surface area contributed by atoms with E-state index in [0.29, 0.717) is 32.7 Å². The third-order valence-electron chi connectivity index (χ3n) is 6.25. The van der Waals surface area contributed by atoms with Gasteiger partial charge in [0.2, 0.25) is 11.7 Å². The summed E-state index contributed by atoms with van der Waals surface area (Å²) in [6.07, 6.45) is 1.81. The standard InChI is InChI=1S/C23H32N8O3/c1-16-19(13-24-10-12-34-3)27-31-11-9-18(23(33)29(2)22(16)31)26-21(32)20-25-15-30(28-20)14-17-7-5-4-6-8-17/h4-8,15-16,18,22,24H,9-14H2,1-3H3,(H,26,32)/t16?,18-,22?/m0/s1. The number of nitrogens with zero attached hydrogens (tertiary/aromatic N) is 6. The van der Waals surface area contributed by atoms with Gasteiger partial charge >= 0.3 is 0 Å². The SMILES string of the molecule is COCCNCC1=NN2CC[C@H](NC(=O)c3ncn(Cc4ccccc4)n3)C(=O)N(C)C2C1C. The molecule has 2 aliphatic heterocycles. The summed E-state index contributed by atoms with van der Waals surface area (Å²) in [5, 5.41) is 17.1. The van der Waals surface area contributed by atoms with Crippen molar-refractivity contribution in [2.24, 2.45) is 11.0 Å². The molecule has 3 atom stereocenters. The molecular weight excluding hydrogens is 436 g/mol. The van der Waals surface area contributed by atoms with Gasteiger partial charge in [-0.05, 0) is 12.0 Å². The Morgan fingerprint density at radius 1 is 1.26 bits per heavy atom. The maximum absolute atomic E-state index is 13.2. The summed E-state index contributed by atoms with van der Waals surface area (Å²) in [4.78, 5) is 31.8. The van der Waals surface area contributed by atoms with Crippen molar-refractivity contribution in [1.82, 2.24) is 35.3 Å². The number of amides is 2. The number of likely N-dealkylation sites (N-methyl/N-ethyl adjacent to an activating group) is 1. The number of carbonyl (C=O) groups excluding carboxylic acids is 2. The molecule has 11 nitrogen and oxygen atoms in total. The first kappa shape index (κ1) is 23.8. The highest BCUT2D eigenvalue weighted by atomic mass is 16.5. The average Bonchev–Trinajstić information content (AvgIpc) is 3.40. The predicted molar refractivity (Wildman–Crippen MR) is 126 cm³/mol. The van der Waals surface area contributed by atoms with Gasteiger partial charge in [0, 0.05) is 39.7 Å². The molecule has 0 radical (unpaired) electrons. The second-order valence-electron chi connectivity index (χ2n) is 8.64. The second kappa shape index (κ2) is 10.7. The van der Waals surface area contributed by atoms with Crippen LogP contribution in [0.25, 0.3) is 0 Å². The summed E-state index contributed by atoms with van der Waals surface area (Å²) >= 11 is 0. The number of aromatic nitrogens is 3. The summed E-state index contributed by atoms with van der Waals surface area (Å²) in [5.74, 6) is -0.471. The largest absolute Gasteiger partial charge is 0.383 e. The van der Waals surface area contributed by atoms with E-state index in [9.17, 15) is 9.59 Å². The van der Waals surface area contributed by atoms with Gasteiger partial charge in [0.05, 0.1) is 18.9 Å². The summed E-state index contributed by atoms with van der Waals surface area (Å²) in [7, 11) is 3.44. The lowest BCUT2D eigenvalue weighted by atomic mass is 10.0. The lowest BCUT2D eigenvalue weighted by molar-refractivity contribution is -0.135. The van der Waals surface area contributed by atoms with Crippen molar-refractivity contribution < 1.29 is 14.3 Å². The van der Waals surface area contributed by atoms with Crippen molar-refractivity contribution in [2.75, 3.05) is 40.4 Å². The van der Waals surface area contributed by atoms with Crippen molar-refractivity contribution >= 4 is 17.5 Å². The van der Waals surface area contributed by atoms with Gasteiger partial charge in [-0.1, -0.05) is 37.3 Å². The van der Waals surface area contributed by atoms with Crippen LogP contribution in [0.4, 0.5) is 0 Å². The number of hydrogen-bond donors (Lipinski definition) is 2. The van der Waals surface area contributed by atoms with E-state index in [4.69, 9.17) is 9.84 Å². The zero-order chi connectivity index (χ0) is 24.1. The minimum absolute atomic E-state index is 0.0481. The van der Waals surface area contributed by atoms with Gasteiger partial charge in [-0.3, -0.25) is 14.6 Å². The Bertz CT molecular complexity index is 1020. The van der Waals surface area contributed by atoms with Gasteiger partial charge in [-0.15, -0.1) is 5.10 Å². The molecule has 0 aliphatic carbocycles. The van der Waals surface area contributed by atoms with Crippen LogP contribution in [0, 0.1) is 5.92 Å². The third kappa shape index (κ3) is 5.26. The number of hydrogen-bond acceptors (Lipinski definition) is 8. The molecule has 4 rings (SSSR count). The lowest BCUT2D eigenvalue weighted by Gasteiger charge is -2.32. The fourth-order valence-corrected chi connectivity index (χ4v) is 4.41. The van der Waals surface area contributed by atoms with Crippen LogP contribution in [-0.4, -0.2) is 94.8 Å². The monoisotopic (exact) mass is 468 g/mol. The Labute approximate surface area is 199 Å². The zero-order valence-electron chi connectivity index (χ0n) is 19.8. The Balaban J connectivity index is 1.37. The number of methoxy groups -OCH3 is 1. The van der Waals surface area contributed by atoms with Crippen LogP contribution in [0.15, 0.2) is 41.8 Å². The Morgan fingerprint density at radius 3 is 2.82 bits per heavy atom. The third-order valence-corrected chi connectivity index (χ3v) is 6.25. The van der Waals surface area contributed by atoms with E-state index in [1.807, 2.05) is 35.3 Å². The minimum atomic E-state index is -0.658. The van der Waals surface area contributed by atoms with Crippen LogP contribution in [0.5, 0.6) is 0 Å². The maximum atomic E-state index is 13.2. The van der Waals surface area contributed by atoms with Crippen molar-refractivity contribution in [3.63, 3.8) is 0 Å². The highest BCUT2D eigenvalue weighted by Gasteiger charge is 2.43. The van der Waals surface area contributed by atoms with Gasteiger partial charge in [0.25, 0.3) is 5.91 Å². The van der Waals surface area contributed by atoms with E-state index in [1.165, 1.54) is 6.33 Å². The van der Waals surface area contributed by atoms with Crippen LogP contribution >= 0.6 is 0 Å². The van der Waals surface area contributed by atoms with Crippen LogP contribution in [0.2, 0.25) is 0 Å². The number of nitrogens with one attached hydrogen (secondary N) is 2. The van der Waals surface area contributed by atoms with E-state index >= 15 is 0 Å². The van der Waals surface area contributed by atoms with Gasteiger partial charge < -0.3 is 20.3 Å². The number of rotatable bonds is 9. The molecule has 1 aromatic carbocycles. The number of fused-ring (bicyclic) bond motifs is 1. The quantitative estimate of drug-likeness (QED) is 0.504. The highest BCUT2D eigenvalue weighted by Crippen LogP contribution is 2.27. The first-order valence-electron chi connectivity index (χ1n) is 11.5. The fraction of sp³-hybridized carbons (Fsp3) is 0.522. The first-order chi connectivity index (χ1) is 16.5. The molecule has 2 amide bonds. The number of ether oxygens (including phenoxy) is 1. The van der Waals surface area contributed by atoms with E-state index in [0.717, 1.165) is 17.8 Å². The van der Waals surface area contributed by atoms with Gasteiger partial charge in [-0.2, -0.15) is 5.10 Å². The molecular formula is C23H32N8O3. The molecule has 1 saturated heterocycles. The molecule has 0 saturated carbocycles. The topological polar surface area (TPSA) is 117 Å². The number of benzene rings is 1. The van der Waals surface area contributed by atoms with E-state index in [2.05, 4.69) is 27.6 Å². The van der Waals surface area contributed by atoms with Crippen molar-refractivity contribution in [2.45, 2.75) is 32.1 Å². The van der Waals surface area contributed by atoms with E-state index < -0.39 is 11.9 Å². The first-order valence-corrected chi connectivity index (χ1v) is 11.5. The molecule has 3 heterocycles. The Kier molecular flexibility index (Phi) is 7.53. The molecule has 34 heavy (non-hydrogen) atoms. The normalized spacial score (nSPS) is 22.4. The molecule has 2 unspecified atom stereocenters. The van der Waals surface area contributed by atoms with Gasteiger partial charge in [0.15, 0.2) is 0 Å². The number of hydrazone groups is 1. The molecule has 2 aliphatic rings. The van der Waals surface area contributed by atoms with E-state index in [1.54, 1.807) is 23.7 Å². The molecule has 182 valence electrons. The van der Waals surface area contributed by atoms with Crippen molar-refractivity contribution in [1.29, 1.82) is 0 Å². The van der Waals surface area contributed by atoms with Crippen LogP contribution in [0.1, 0.15) is 29.5 Å². The molecule has 11 heteroatoms. The smallest absolute Gasteiger partial charge is 0.291 e. The molecule has 1 aromatic heterocycles. The Hall–Kier alpha value is -3.31. The summed E-state index contributed by atoms with van der Waals surface area (Å²) < 4.78 is 6.68. The second-order valence-corrected chi connectivity index (χ2v) is 8.64.